The van der Waals surface area contributed by atoms with E-state index in [1.807, 2.05) is 25.3 Å². The molecule has 2 rings (SSSR count). The van der Waals surface area contributed by atoms with E-state index in [0.29, 0.717) is 5.69 Å². The monoisotopic (exact) mass is 190 g/mol. The zero-order valence-corrected chi connectivity index (χ0v) is 7.68. The summed E-state index contributed by atoms with van der Waals surface area (Å²) in [6.07, 6.45) is 3.46. The lowest BCUT2D eigenvalue weighted by Crippen LogP contribution is -2.15. The Bertz CT molecular complexity index is 500. The molecule has 2 aromatic rings. The molecule has 0 fully saturated rings. The number of rotatable bonds is 1. The van der Waals surface area contributed by atoms with E-state index < -0.39 is 0 Å². The predicted molar refractivity (Wildman–Crippen MR) is 52.4 cm³/mol. The average molecular weight is 190 g/mol. The van der Waals surface area contributed by atoms with E-state index in [-0.39, 0.29) is 5.84 Å². The van der Waals surface area contributed by atoms with Gasteiger partial charge in [-0.1, -0.05) is 11.2 Å². The fourth-order valence-electron chi connectivity index (χ4n) is 1.33. The zero-order valence-electron chi connectivity index (χ0n) is 7.68. The molecular weight excluding hydrogens is 180 g/mol. The number of hydrogen-bond acceptors (Lipinski definition) is 3. The molecule has 0 aliphatic rings. The van der Waals surface area contributed by atoms with Gasteiger partial charge in [0, 0.05) is 6.20 Å². The van der Waals surface area contributed by atoms with Gasteiger partial charge in [0.2, 0.25) is 0 Å². The van der Waals surface area contributed by atoms with Crippen LogP contribution < -0.4 is 5.73 Å². The van der Waals surface area contributed by atoms with Crippen LogP contribution in [0.3, 0.4) is 0 Å². The highest BCUT2D eigenvalue weighted by Crippen LogP contribution is 2.08. The number of hydrogen-bond donors (Lipinski definition) is 2. The molecule has 0 aliphatic heterocycles. The fourth-order valence-corrected chi connectivity index (χ4v) is 1.33. The van der Waals surface area contributed by atoms with Crippen LogP contribution in [0.5, 0.6) is 0 Å². The van der Waals surface area contributed by atoms with Crippen molar-refractivity contribution in [3.8, 4) is 0 Å². The van der Waals surface area contributed by atoms with Crippen LogP contribution in [0, 0.1) is 6.92 Å². The van der Waals surface area contributed by atoms with Crippen molar-refractivity contribution in [1.29, 1.82) is 0 Å². The second-order valence-corrected chi connectivity index (χ2v) is 3.06. The SMILES string of the molecule is Cc1ccc2ncc(/C(N)=N\O)n2c1. The van der Waals surface area contributed by atoms with Crippen molar-refractivity contribution in [1.82, 2.24) is 9.38 Å². The van der Waals surface area contributed by atoms with Crippen molar-refractivity contribution in [2.24, 2.45) is 10.9 Å². The lowest BCUT2D eigenvalue weighted by atomic mass is 10.3. The quantitative estimate of drug-likeness (QED) is 0.301. The summed E-state index contributed by atoms with van der Waals surface area (Å²) in [5.74, 6) is 0.0584. The molecular formula is C9H10N4O. The van der Waals surface area contributed by atoms with Crippen molar-refractivity contribution in [3.05, 3.63) is 35.8 Å². The lowest BCUT2D eigenvalue weighted by Gasteiger charge is -2.00. The smallest absolute Gasteiger partial charge is 0.188 e. The zero-order chi connectivity index (χ0) is 10.1. The summed E-state index contributed by atoms with van der Waals surface area (Å²) >= 11 is 0. The Hall–Kier alpha value is -2.04. The van der Waals surface area contributed by atoms with Crippen LogP contribution in [-0.4, -0.2) is 20.4 Å². The third kappa shape index (κ3) is 1.19. The minimum Gasteiger partial charge on any atom is -0.409 e. The number of pyridine rings is 1. The number of nitrogens with zero attached hydrogens (tertiary/aromatic N) is 3. The van der Waals surface area contributed by atoms with Crippen molar-refractivity contribution >= 4 is 11.5 Å². The Morgan fingerprint density at radius 3 is 3.07 bits per heavy atom. The maximum atomic E-state index is 8.56. The summed E-state index contributed by atoms with van der Waals surface area (Å²) in [5, 5.41) is 11.5. The molecule has 0 radical (unpaired) electrons. The molecule has 2 aromatic heterocycles. The standard InChI is InChI=1S/C9H10N4O/c1-6-2-3-8-11-4-7(9(10)12-14)13(8)5-6/h2-5,14H,1H3,(H2,10,12). The molecule has 2 heterocycles. The third-order valence-corrected chi connectivity index (χ3v) is 2.02. The highest BCUT2D eigenvalue weighted by Gasteiger charge is 2.06. The number of oxime groups is 1. The van der Waals surface area contributed by atoms with Gasteiger partial charge in [0.05, 0.1) is 6.20 Å². The molecule has 5 nitrogen and oxygen atoms in total. The minimum absolute atomic E-state index is 0.0584. The summed E-state index contributed by atoms with van der Waals surface area (Å²) in [7, 11) is 0. The molecule has 72 valence electrons. The van der Waals surface area contributed by atoms with Gasteiger partial charge in [-0.15, -0.1) is 0 Å². The number of fused-ring (bicyclic) bond motifs is 1. The van der Waals surface area contributed by atoms with E-state index in [9.17, 15) is 0 Å². The van der Waals surface area contributed by atoms with Crippen molar-refractivity contribution in [2.75, 3.05) is 0 Å². The van der Waals surface area contributed by atoms with E-state index in [0.717, 1.165) is 11.2 Å². The average Bonchev–Trinajstić information content (AvgIpc) is 2.59. The van der Waals surface area contributed by atoms with Gasteiger partial charge in [-0.2, -0.15) is 0 Å². The number of nitrogens with two attached hydrogens (primary N) is 1. The van der Waals surface area contributed by atoms with Crippen molar-refractivity contribution in [2.45, 2.75) is 6.92 Å². The molecule has 0 spiro atoms. The van der Waals surface area contributed by atoms with Gasteiger partial charge < -0.3 is 10.9 Å². The number of aromatic nitrogens is 2. The highest BCUT2D eigenvalue weighted by molar-refractivity contribution is 5.96. The van der Waals surface area contributed by atoms with Crippen molar-refractivity contribution in [3.63, 3.8) is 0 Å². The van der Waals surface area contributed by atoms with Crippen LogP contribution in [0.15, 0.2) is 29.7 Å². The molecule has 0 unspecified atom stereocenters. The van der Waals surface area contributed by atoms with Crippen LogP contribution in [-0.2, 0) is 0 Å². The van der Waals surface area contributed by atoms with Gasteiger partial charge in [0.1, 0.15) is 11.3 Å². The van der Waals surface area contributed by atoms with Gasteiger partial charge in [-0.25, -0.2) is 4.98 Å². The molecule has 0 saturated carbocycles. The van der Waals surface area contributed by atoms with Gasteiger partial charge >= 0.3 is 0 Å². The second-order valence-electron chi connectivity index (χ2n) is 3.06. The Morgan fingerprint density at radius 2 is 2.36 bits per heavy atom. The maximum Gasteiger partial charge on any atom is 0.188 e. The number of amidine groups is 1. The summed E-state index contributed by atoms with van der Waals surface area (Å²) in [6, 6.07) is 3.84. The molecule has 0 aromatic carbocycles. The number of aryl methyl sites for hydroxylation is 1. The first-order valence-corrected chi connectivity index (χ1v) is 4.14. The van der Waals surface area contributed by atoms with E-state index in [2.05, 4.69) is 10.1 Å². The van der Waals surface area contributed by atoms with Crippen LogP contribution in [0.4, 0.5) is 0 Å². The van der Waals surface area contributed by atoms with Gasteiger partial charge in [0.25, 0.3) is 0 Å². The Kier molecular flexibility index (Phi) is 1.85. The maximum absolute atomic E-state index is 8.56. The summed E-state index contributed by atoms with van der Waals surface area (Å²) in [6.45, 7) is 1.97. The molecule has 0 saturated heterocycles. The Morgan fingerprint density at radius 1 is 1.57 bits per heavy atom. The molecule has 14 heavy (non-hydrogen) atoms. The first kappa shape index (κ1) is 8.55. The van der Waals surface area contributed by atoms with E-state index in [4.69, 9.17) is 10.9 Å². The van der Waals surface area contributed by atoms with Gasteiger partial charge in [0.15, 0.2) is 5.84 Å². The van der Waals surface area contributed by atoms with Gasteiger partial charge in [-0.3, -0.25) is 4.40 Å². The van der Waals surface area contributed by atoms with Crippen molar-refractivity contribution < 1.29 is 5.21 Å². The molecule has 0 aliphatic carbocycles. The molecule has 3 N–H and O–H groups in total. The third-order valence-electron chi connectivity index (χ3n) is 2.02. The molecule has 5 heteroatoms. The molecule has 0 atom stereocenters. The topological polar surface area (TPSA) is 75.9 Å². The lowest BCUT2D eigenvalue weighted by molar-refractivity contribution is 0.318. The number of imidazole rings is 1. The molecule has 0 amide bonds. The fraction of sp³-hybridized carbons (Fsp3) is 0.111. The van der Waals surface area contributed by atoms with E-state index in [1.165, 1.54) is 0 Å². The van der Waals surface area contributed by atoms with Gasteiger partial charge in [-0.05, 0) is 18.6 Å². The summed E-state index contributed by atoms with van der Waals surface area (Å²) in [5.41, 5.74) is 7.94. The first-order valence-electron chi connectivity index (χ1n) is 4.14. The van der Waals surface area contributed by atoms with E-state index in [1.54, 1.807) is 10.6 Å². The van der Waals surface area contributed by atoms with E-state index >= 15 is 0 Å². The van der Waals surface area contributed by atoms with Crippen LogP contribution >= 0.6 is 0 Å². The van der Waals surface area contributed by atoms with Crippen LogP contribution in [0.1, 0.15) is 11.3 Å². The predicted octanol–water partition coefficient (Wildman–Crippen LogP) is 0.737. The first-order chi connectivity index (χ1) is 6.72. The minimum atomic E-state index is 0.0584. The molecule has 0 bridgehead atoms. The van der Waals surface area contributed by atoms with Crippen LogP contribution in [0.2, 0.25) is 0 Å². The largest absolute Gasteiger partial charge is 0.409 e. The summed E-state index contributed by atoms with van der Waals surface area (Å²) < 4.78 is 1.78. The van der Waals surface area contributed by atoms with Crippen LogP contribution in [0.25, 0.3) is 5.65 Å². The Balaban J connectivity index is 2.73. The normalized spacial score (nSPS) is 12.2. The Labute approximate surface area is 80.5 Å². The highest BCUT2D eigenvalue weighted by atomic mass is 16.4. The second kappa shape index (κ2) is 3.02. The summed E-state index contributed by atoms with van der Waals surface area (Å²) in [4.78, 5) is 4.12.